The first-order chi connectivity index (χ1) is 8.92. The van der Waals surface area contributed by atoms with Crippen molar-refractivity contribution in [1.82, 2.24) is 15.1 Å². The number of ether oxygens (including phenoxy) is 2. The molecule has 2 atom stereocenters. The molecule has 0 rings (SSSR count). The van der Waals surface area contributed by atoms with Gasteiger partial charge in [-0.15, -0.1) is 0 Å². The number of nitrogens with one attached hydrogen (secondary N) is 1. The summed E-state index contributed by atoms with van der Waals surface area (Å²) in [5.41, 5.74) is 0. The van der Waals surface area contributed by atoms with Gasteiger partial charge in [0.2, 0.25) is 0 Å². The molecule has 0 radical (unpaired) electrons. The number of likely N-dealkylation sites (N-methyl/N-ethyl adjacent to an activating group) is 2. The zero-order valence-corrected chi connectivity index (χ0v) is 14.2. The summed E-state index contributed by atoms with van der Waals surface area (Å²) in [5.74, 6) is 0. The van der Waals surface area contributed by atoms with Crippen LogP contribution in [-0.4, -0.2) is 90.6 Å². The van der Waals surface area contributed by atoms with E-state index in [1.54, 1.807) is 0 Å². The summed E-state index contributed by atoms with van der Waals surface area (Å²) in [6.07, 6.45) is 0.282. The van der Waals surface area contributed by atoms with E-state index in [1.165, 1.54) is 0 Å². The Hall–Kier alpha value is -0.200. The molecule has 0 aliphatic heterocycles. The van der Waals surface area contributed by atoms with Crippen LogP contribution in [0.3, 0.4) is 0 Å². The Morgan fingerprint density at radius 3 is 1.21 bits per heavy atom. The number of rotatable bonds is 9. The first-order valence-electron chi connectivity index (χ1n) is 7.03. The van der Waals surface area contributed by atoms with Crippen molar-refractivity contribution in [1.29, 1.82) is 0 Å². The Morgan fingerprint density at radius 1 is 0.789 bits per heavy atom. The van der Waals surface area contributed by atoms with Crippen molar-refractivity contribution in [3.05, 3.63) is 0 Å². The SMILES string of the molecule is CCOC(CN(C)C)C(CN(C)C)OCC.CNC. The molecule has 0 saturated carbocycles. The Morgan fingerprint density at radius 2 is 1.05 bits per heavy atom. The van der Waals surface area contributed by atoms with Gasteiger partial charge in [-0.1, -0.05) is 0 Å². The Labute approximate surface area is 120 Å². The van der Waals surface area contributed by atoms with Crippen molar-refractivity contribution in [3.8, 4) is 0 Å². The lowest BCUT2D eigenvalue weighted by Crippen LogP contribution is -2.45. The van der Waals surface area contributed by atoms with Crippen LogP contribution in [0.1, 0.15) is 13.8 Å². The third-order valence-electron chi connectivity index (χ3n) is 2.27. The lowest BCUT2D eigenvalue weighted by molar-refractivity contribution is -0.0817. The second kappa shape index (κ2) is 14.2. The van der Waals surface area contributed by atoms with Gasteiger partial charge in [0.1, 0.15) is 0 Å². The van der Waals surface area contributed by atoms with Crippen molar-refractivity contribution in [2.45, 2.75) is 26.1 Å². The molecule has 0 heterocycles. The quantitative estimate of drug-likeness (QED) is 0.673. The van der Waals surface area contributed by atoms with E-state index < -0.39 is 0 Å². The Balaban J connectivity index is 0. The fourth-order valence-corrected chi connectivity index (χ4v) is 1.70. The molecule has 1 N–H and O–H groups in total. The van der Waals surface area contributed by atoms with Gasteiger partial charge >= 0.3 is 0 Å². The fraction of sp³-hybridized carbons (Fsp3) is 1.00. The topological polar surface area (TPSA) is 37.0 Å². The van der Waals surface area contributed by atoms with Crippen molar-refractivity contribution in [3.63, 3.8) is 0 Å². The molecule has 0 amide bonds. The maximum absolute atomic E-state index is 5.78. The largest absolute Gasteiger partial charge is 0.374 e. The number of hydrogen-bond acceptors (Lipinski definition) is 5. The Bertz CT molecular complexity index is 160. The monoisotopic (exact) mass is 277 g/mol. The number of nitrogens with zero attached hydrogens (tertiary/aromatic N) is 2. The van der Waals surface area contributed by atoms with Gasteiger partial charge in [0, 0.05) is 26.3 Å². The molecule has 0 aromatic rings. The van der Waals surface area contributed by atoms with E-state index >= 15 is 0 Å². The maximum Gasteiger partial charge on any atom is 0.0975 e. The van der Waals surface area contributed by atoms with E-state index in [-0.39, 0.29) is 12.2 Å². The average molecular weight is 277 g/mol. The van der Waals surface area contributed by atoms with Crippen molar-refractivity contribution >= 4 is 0 Å². The van der Waals surface area contributed by atoms with Gasteiger partial charge in [0.25, 0.3) is 0 Å². The number of hydrogen-bond donors (Lipinski definition) is 1. The molecule has 0 fully saturated rings. The first-order valence-corrected chi connectivity index (χ1v) is 7.03. The van der Waals surface area contributed by atoms with Crippen LogP contribution in [0.4, 0.5) is 0 Å². The molecule has 0 saturated heterocycles. The summed E-state index contributed by atoms with van der Waals surface area (Å²) in [5, 5.41) is 2.75. The summed E-state index contributed by atoms with van der Waals surface area (Å²) >= 11 is 0. The zero-order chi connectivity index (χ0) is 15.3. The minimum absolute atomic E-state index is 0.141. The predicted molar refractivity (Wildman–Crippen MR) is 82.9 cm³/mol. The maximum atomic E-state index is 5.78. The first kappa shape index (κ1) is 21.1. The van der Waals surface area contributed by atoms with Crippen molar-refractivity contribution in [2.75, 3.05) is 68.6 Å². The second-order valence-corrected chi connectivity index (χ2v) is 5.01. The minimum atomic E-state index is 0.141. The summed E-state index contributed by atoms with van der Waals surface area (Å²) in [4.78, 5) is 4.28. The molecule has 19 heavy (non-hydrogen) atoms. The molecule has 0 aliphatic rings. The molecule has 0 aliphatic carbocycles. The summed E-state index contributed by atoms with van der Waals surface area (Å²) in [6.45, 7) is 7.31. The molecule has 2 unspecified atom stereocenters. The van der Waals surface area contributed by atoms with Crippen LogP contribution in [0.25, 0.3) is 0 Å². The third kappa shape index (κ3) is 14.0. The summed E-state index contributed by atoms with van der Waals surface area (Å²) in [6, 6.07) is 0. The second-order valence-electron chi connectivity index (χ2n) is 5.01. The van der Waals surface area contributed by atoms with Crippen LogP contribution in [0.5, 0.6) is 0 Å². The molecular weight excluding hydrogens is 242 g/mol. The minimum Gasteiger partial charge on any atom is -0.374 e. The van der Waals surface area contributed by atoms with Gasteiger partial charge in [-0.05, 0) is 56.1 Å². The normalized spacial score (nSPS) is 14.2. The molecule has 5 nitrogen and oxygen atoms in total. The average Bonchev–Trinajstić information content (AvgIpc) is 2.28. The molecule has 0 aromatic carbocycles. The van der Waals surface area contributed by atoms with Gasteiger partial charge < -0.3 is 24.6 Å². The van der Waals surface area contributed by atoms with E-state index in [0.29, 0.717) is 0 Å². The van der Waals surface area contributed by atoms with Gasteiger partial charge in [-0.25, -0.2) is 0 Å². The van der Waals surface area contributed by atoms with Crippen LogP contribution in [0.15, 0.2) is 0 Å². The van der Waals surface area contributed by atoms with Crippen molar-refractivity contribution < 1.29 is 9.47 Å². The van der Waals surface area contributed by atoms with E-state index in [1.807, 2.05) is 27.9 Å². The summed E-state index contributed by atoms with van der Waals surface area (Å²) in [7, 11) is 12.0. The van der Waals surface area contributed by atoms with Crippen LogP contribution in [0.2, 0.25) is 0 Å². The van der Waals surface area contributed by atoms with Crippen LogP contribution < -0.4 is 5.32 Å². The highest BCUT2D eigenvalue weighted by Gasteiger charge is 2.23. The fourth-order valence-electron chi connectivity index (χ4n) is 1.70. The molecule has 0 bridgehead atoms. The lowest BCUT2D eigenvalue weighted by Gasteiger charge is -2.30. The molecule has 0 spiro atoms. The summed E-state index contributed by atoms with van der Waals surface area (Å²) < 4.78 is 11.6. The third-order valence-corrected chi connectivity index (χ3v) is 2.27. The van der Waals surface area contributed by atoms with Gasteiger partial charge in [-0.3, -0.25) is 0 Å². The van der Waals surface area contributed by atoms with Crippen LogP contribution in [0, 0.1) is 0 Å². The lowest BCUT2D eigenvalue weighted by atomic mass is 10.2. The zero-order valence-electron chi connectivity index (χ0n) is 14.2. The van der Waals surface area contributed by atoms with E-state index in [9.17, 15) is 0 Å². The van der Waals surface area contributed by atoms with Crippen molar-refractivity contribution in [2.24, 2.45) is 0 Å². The Kier molecular flexibility index (Phi) is 15.8. The van der Waals surface area contributed by atoms with Crippen LogP contribution >= 0.6 is 0 Å². The highest BCUT2D eigenvalue weighted by atomic mass is 16.5. The molecule has 118 valence electrons. The smallest absolute Gasteiger partial charge is 0.0975 e. The molecule has 5 heteroatoms. The molecule has 0 aromatic heterocycles. The van der Waals surface area contributed by atoms with Gasteiger partial charge in [-0.2, -0.15) is 0 Å². The highest BCUT2D eigenvalue weighted by molar-refractivity contribution is 4.75. The predicted octanol–water partition coefficient (Wildman–Crippen LogP) is 0.755. The standard InChI is InChI=1S/C12H28N2O2.C2H7N/c1-7-15-11(9-13(3)4)12(16-8-2)10-14(5)6;1-3-2/h11-12H,7-10H2,1-6H3;3H,1-2H3. The van der Waals surface area contributed by atoms with E-state index in [0.717, 1.165) is 26.3 Å². The van der Waals surface area contributed by atoms with Gasteiger partial charge in [0.15, 0.2) is 0 Å². The molecular formula is C14H35N3O2. The van der Waals surface area contributed by atoms with Crippen LogP contribution in [-0.2, 0) is 9.47 Å². The highest BCUT2D eigenvalue weighted by Crippen LogP contribution is 2.07. The van der Waals surface area contributed by atoms with E-state index in [2.05, 4.69) is 43.3 Å². The van der Waals surface area contributed by atoms with Gasteiger partial charge in [0.05, 0.1) is 12.2 Å². The van der Waals surface area contributed by atoms with E-state index in [4.69, 9.17) is 9.47 Å².